The molecular formula is C11H6BFN4O2. The number of rotatable bonds is 3. The molecule has 0 bridgehead atoms. The van der Waals surface area contributed by atoms with Crippen LogP contribution in [0.3, 0.4) is 0 Å². The summed E-state index contributed by atoms with van der Waals surface area (Å²) >= 11 is 0. The Morgan fingerprint density at radius 1 is 1.16 bits per heavy atom. The van der Waals surface area contributed by atoms with Crippen molar-refractivity contribution in [2.24, 2.45) is 0 Å². The number of anilines is 1. The lowest BCUT2D eigenvalue weighted by Gasteiger charge is -2.10. The molecule has 0 radical (unpaired) electrons. The monoisotopic (exact) mass is 256 g/mol. The fourth-order valence-corrected chi connectivity index (χ4v) is 1.28. The van der Waals surface area contributed by atoms with Crippen LogP contribution >= 0.6 is 0 Å². The molecule has 0 atom stereocenters. The molecule has 0 saturated heterocycles. The number of nitrogens with one attached hydrogen (secondary N) is 1. The van der Waals surface area contributed by atoms with E-state index in [9.17, 15) is 4.39 Å². The van der Waals surface area contributed by atoms with E-state index in [1.807, 2.05) is 0 Å². The SMILES string of the molecule is N#CC(C#N)=C(C#N)Nc1ccc(F)cc1B(O)O. The Kier molecular flexibility index (Phi) is 4.62. The molecule has 3 N–H and O–H groups in total. The highest BCUT2D eigenvalue weighted by Crippen LogP contribution is 2.12. The first kappa shape index (κ1) is 14.2. The molecule has 0 aromatic heterocycles. The number of halogens is 1. The Morgan fingerprint density at radius 2 is 1.79 bits per heavy atom. The minimum Gasteiger partial charge on any atom is -0.423 e. The van der Waals surface area contributed by atoms with Gasteiger partial charge in [0.25, 0.3) is 0 Å². The van der Waals surface area contributed by atoms with Crippen LogP contribution < -0.4 is 10.8 Å². The van der Waals surface area contributed by atoms with E-state index in [2.05, 4.69) is 5.32 Å². The fraction of sp³-hybridized carbons (Fsp3) is 0. The van der Waals surface area contributed by atoms with Crippen LogP contribution in [0.4, 0.5) is 10.1 Å². The van der Waals surface area contributed by atoms with Crippen LogP contribution in [-0.2, 0) is 0 Å². The molecule has 0 aliphatic carbocycles. The second-order valence-corrected chi connectivity index (χ2v) is 3.32. The summed E-state index contributed by atoms with van der Waals surface area (Å²) in [6, 6.07) is 7.69. The topological polar surface area (TPSA) is 124 Å². The zero-order chi connectivity index (χ0) is 14.4. The molecule has 0 aliphatic heterocycles. The van der Waals surface area contributed by atoms with Gasteiger partial charge in [0.15, 0.2) is 5.57 Å². The van der Waals surface area contributed by atoms with E-state index in [-0.39, 0.29) is 16.8 Å². The van der Waals surface area contributed by atoms with Gasteiger partial charge in [-0.2, -0.15) is 15.8 Å². The van der Waals surface area contributed by atoms with Gasteiger partial charge in [-0.1, -0.05) is 0 Å². The smallest absolute Gasteiger partial charge is 0.423 e. The van der Waals surface area contributed by atoms with Crippen LogP contribution in [-0.4, -0.2) is 17.2 Å². The lowest BCUT2D eigenvalue weighted by molar-refractivity contribution is 0.425. The predicted octanol–water partition coefficient (Wildman–Crippen LogP) is -0.258. The summed E-state index contributed by atoms with van der Waals surface area (Å²) in [6.45, 7) is 0. The van der Waals surface area contributed by atoms with E-state index in [1.165, 1.54) is 12.1 Å². The highest BCUT2D eigenvalue weighted by atomic mass is 19.1. The second kappa shape index (κ2) is 6.18. The van der Waals surface area contributed by atoms with Gasteiger partial charge in [-0.3, -0.25) is 0 Å². The van der Waals surface area contributed by atoms with Crippen LogP contribution in [0.2, 0.25) is 0 Å². The van der Waals surface area contributed by atoms with E-state index in [0.717, 1.165) is 18.2 Å². The highest BCUT2D eigenvalue weighted by molar-refractivity contribution is 6.60. The van der Waals surface area contributed by atoms with Crippen molar-refractivity contribution in [2.45, 2.75) is 0 Å². The van der Waals surface area contributed by atoms with Crippen molar-refractivity contribution in [1.82, 2.24) is 0 Å². The molecule has 0 aliphatic rings. The van der Waals surface area contributed by atoms with Crippen LogP contribution in [0.1, 0.15) is 0 Å². The van der Waals surface area contributed by atoms with Gasteiger partial charge in [-0.05, 0) is 18.2 Å². The summed E-state index contributed by atoms with van der Waals surface area (Å²) in [7, 11) is -1.97. The average molecular weight is 256 g/mol. The van der Waals surface area contributed by atoms with Crippen molar-refractivity contribution in [1.29, 1.82) is 15.8 Å². The molecule has 0 saturated carbocycles. The van der Waals surface area contributed by atoms with Crippen LogP contribution in [0.15, 0.2) is 29.5 Å². The van der Waals surface area contributed by atoms with Gasteiger partial charge in [0, 0.05) is 11.2 Å². The molecule has 6 nitrogen and oxygen atoms in total. The molecule has 0 fully saturated rings. The number of nitriles is 3. The maximum atomic E-state index is 13.0. The maximum absolute atomic E-state index is 13.0. The van der Waals surface area contributed by atoms with Gasteiger partial charge in [0.05, 0.1) is 0 Å². The molecule has 0 heterocycles. The van der Waals surface area contributed by atoms with Crippen LogP contribution in [0.25, 0.3) is 0 Å². The summed E-state index contributed by atoms with van der Waals surface area (Å²) in [4.78, 5) is 0. The Morgan fingerprint density at radius 3 is 2.26 bits per heavy atom. The number of allylic oxidation sites excluding steroid dienone is 2. The van der Waals surface area contributed by atoms with Gasteiger partial charge in [0.2, 0.25) is 0 Å². The Labute approximate surface area is 108 Å². The number of benzene rings is 1. The third kappa shape index (κ3) is 3.30. The van der Waals surface area contributed by atoms with Crippen molar-refractivity contribution < 1.29 is 14.4 Å². The first-order valence-corrected chi connectivity index (χ1v) is 4.90. The molecule has 19 heavy (non-hydrogen) atoms. The summed E-state index contributed by atoms with van der Waals surface area (Å²) in [5.41, 5.74) is -1.04. The summed E-state index contributed by atoms with van der Waals surface area (Å²) < 4.78 is 13.0. The Hall–Kier alpha value is -2.86. The number of nitrogens with zero attached hydrogens (tertiary/aromatic N) is 3. The lowest BCUT2D eigenvalue weighted by atomic mass is 9.79. The molecule has 1 aromatic rings. The third-order valence-corrected chi connectivity index (χ3v) is 2.14. The fourth-order valence-electron chi connectivity index (χ4n) is 1.28. The highest BCUT2D eigenvalue weighted by Gasteiger charge is 2.18. The van der Waals surface area contributed by atoms with Crippen molar-refractivity contribution in [3.05, 3.63) is 35.3 Å². The lowest BCUT2D eigenvalue weighted by Crippen LogP contribution is -2.32. The van der Waals surface area contributed by atoms with Gasteiger partial charge >= 0.3 is 7.12 Å². The minimum atomic E-state index is -1.97. The van der Waals surface area contributed by atoms with Crippen molar-refractivity contribution in [2.75, 3.05) is 5.32 Å². The van der Waals surface area contributed by atoms with Crippen LogP contribution in [0.5, 0.6) is 0 Å². The van der Waals surface area contributed by atoms with E-state index in [0.29, 0.717) is 0 Å². The van der Waals surface area contributed by atoms with Crippen molar-refractivity contribution in [3.63, 3.8) is 0 Å². The number of hydrogen-bond acceptors (Lipinski definition) is 6. The van der Waals surface area contributed by atoms with Gasteiger partial charge in [-0.25, -0.2) is 4.39 Å². The number of hydrogen-bond donors (Lipinski definition) is 3. The molecule has 1 rings (SSSR count). The molecule has 0 unspecified atom stereocenters. The summed E-state index contributed by atoms with van der Waals surface area (Å²) in [5, 5.41) is 46.7. The van der Waals surface area contributed by atoms with Crippen molar-refractivity contribution in [3.8, 4) is 18.2 Å². The Balaban J connectivity index is 3.28. The molecular weight excluding hydrogens is 250 g/mol. The maximum Gasteiger partial charge on any atom is 0.490 e. The van der Waals surface area contributed by atoms with E-state index >= 15 is 0 Å². The molecule has 0 spiro atoms. The standard InChI is InChI=1S/C11H6BFN4O2/c13-8-1-2-10(9(3-8)12(18)19)17-11(6-16)7(4-14)5-15/h1-3,17-19H. The molecule has 92 valence electrons. The predicted molar refractivity (Wildman–Crippen MR) is 63.7 cm³/mol. The second-order valence-electron chi connectivity index (χ2n) is 3.32. The Bertz CT molecular complexity index is 636. The van der Waals surface area contributed by atoms with E-state index in [1.54, 1.807) is 6.07 Å². The van der Waals surface area contributed by atoms with E-state index in [4.69, 9.17) is 25.8 Å². The first-order chi connectivity index (χ1) is 9.03. The van der Waals surface area contributed by atoms with Crippen molar-refractivity contribution >= 4 is 18.3 Å². The summed E-state index contributed by atoms with van der Waals surface area (Å²) in [5.74, 6) is -0.697. The van der Waals surface area contributed by atoms with Gasteiger partial charge in [-0.15, -0.1) is 0 Å². The largest absolute Gasteiger partial charge is 0.490 e. The average Bonchev–Trinajstić information content (AvgIpc) is 2.40. The summed E-state index contributed by atoms with van der Waals surface area (Å²) in [6.07, 6.45) is 0. The molecule has 0 amide bonds. The zero-order valence-corrected chi connectivity index (χ0v) is 9.42. The molecule has 1 aromatic carbocycles. The minimum absolute atomic E-state index is 0.0101. The van der Waals surface area contributed by atoms with E-state index < -0.39 is 18.5 Å². The van der Waals surface area contributed by atoms with Crippen LogP contribution in [0, 0.1) is 39.8 Å². The zero-order valence-electron chi connectivity index (χ0n) is 9.42. The molecule has 8 heteroatoms. The normalized spacial score (nSPS) is 8.63. The van der Waals surface area contributed by atoms with Gasteiger partial charge in [0.1, 0.15) is 29.7 Å². The third-order valence-electron chi connectivity index (χ3n) is 2.14. The van der Waals surface area contributed by atoms with Gasteiger partial charge < -0.3 is 15.4 Å². The first-order valence-electron chi connectivity index (χ1n) is 4.90. The quantitative estimate of drug-likeness (QED) is 0.505.